The molecule has 134 valence electrons. The molecule has 6 heteroatoms. The van der Waals surface area contributed by atoms with Crippen LogP contribution in [-0.2, 0) is 0 Å². The number of amides is 1. The summed E-state index contributed by atoms with van der Waals surface area (Å²) >= 11 is 1.39. The highest BCUT2D eigenvalue weighted by atomic mass is 32.1. The number of benzene rings is 1. The van der Waals surface area contributed by atoms with Crippen molar-refractivity contribution in [3.63, 3.8) is 0 Å². The van der Waals surface area contributed by atoms with E-state index in [2.05, 4.69) is 39.4 Å². The lowest BCUT2D eigenvalue weighted by molar-refractivity contribution is 0.0956. The van der Waals surface area contributed by atoms with Crippen LogP contribution in [0, 0.1) is 6.92 Å². The third-order valence-electron chi connectivity index (χ3n) is 4.04. The first-order valence-corrected chi connectivity index (χ1v) is 9.40. The first kappa shape index (κ1) is 18.1. The van der Waals surface area contributed by atoms with Crippen LogP contribution in [0.25, 0.3) is 10.7 Å². The number of aromatic nitrogens is 2. The molecule has 1 N–H and O–H groups in total. The summed E-state index contributed by atoms with van der Waals surface area (Å²) in [5, 5.41) is 3.77. The summed E-state index contributed by atoms with van der Waals surface area (Å²) in [6, 6.07) is 15.9. The van der Waals surface area contributed by atoms with Gasteiger partial charge in [0.15, 0.2) is 0 Å². The number of hydrogen-bond donors (Lipinski definition) is 1. The minimum Gasteiger partial charge on any atom is -0.375 e. The standard InChI is InChI=1S/C20H22N4OS/c1-15-18(26-20(23-15)17-11-6-7-12-21-17)19(25)22-13-8-14-24(2)16-9-4-3-5-10-16/h3-7,9-12H,8,13-14H2,1-2H3,(H,22,25). The maximum absolute atomic E-state index is 12.5. The number of thiazole rings is 1. The van der Waals surface area contributed by atoms with Gasteiger partial charge in [0.25, 0.3) is 5.91 Å². The van der Waals surface area contributed by atoms with Crippen molar-refractivity contribution in [1.82, 2.24) is 15.3 Å². The van der Waals surface area contributed by atoms with E-state index in [1.807, 2.05) is 43.3 Å². The van der Waals surface area contributed by atoms with Gasteiger partial charge in [-0.15, -0.1) is 11.3 Å². The molecule has 3 aromatic rings. The number of nitrogens with one attached hydrogen (secondary N) is 1. The highest BCUT2D eigenvalue weighted by Crippen LogP contribution is 2.26. The Labute approximate surface area is 157 Å². The van der Waals surface area contributed by atoms with Gasteiger partial charge in [0.05, 0.1) is 11.4 Å². The molecule has 0 unspecified atom stereocenters. The van der Waals surface area contributed by atoms with E-state index in [0.717, 1.165) is 29.4 Å². The van der Waals surface area contributed by atoms with Crippen molar-refractivity contribution in [2.45, 2.75) is 13.3 Å². The Balaban J connectivity index is 1.52. The fourth-order valence-electron chi connectivity index (χ4n) is 2.62. The summed E-state index contributed by atoms with van der Waals surface area (Å²) in [5.41, 5.74) is 2.72. The van der Waals surface area contributed by atoms with Crippen molar-refractivity contribution in [1.29, 1.82) is 0 Å². The average molecular weight is 366 g/mol. The zero-order valence-corrected chi connectivity index (χ0v) is 15.8. The Bertz CT molecular complexity index is 849. The van der Waals surface area contributed by atoms with E-state index in [1.54, 1.807) is 6.20 Å². The smallest absolute Gasteiger partial charge is 0.263 e. The first-order chi connectivity index (χ1) is 12.6. The molecule has 0 aliphatic heterocycles. The molecule has 5 nitrogen and oxygen atoms in total. The molecule has 0 aliphatic rings. The summed E-state index contributed by atoms with van der Waals surface area (Å²) in [7, 11) is 2.06. The van der Waals surface area contributed by atoms with Crippen LogP contribution in [-0.4, -0.2) is 36.0 Å². The second kappa shape index (κ2) is 8.58. The van der Waals surface area contributed by atoms with Crippen LogP contribution in [0.2, 0.25) is 0 Å². The molecule has 0 bridgehead atoms. The van der Waals surface area contributed by atoms with Gasteiger partial charge in [-0.3, -0.25) is 9.78 Å². The number of nitrogens with zero attached hydrogens (tertiary/aromatic N) is 3. The number of anilines is 1. The number of rotatable bonds is 7. The molecule has 0 saturated carbocycles. The highest BCUT2D eigenvalue weighted by molar-refractivity contribution is 7.17. The molecule has 1 amide bonds. The molecule has 1 aromatic carbocycles. The lowest BCUT2D eigenvalue weighted by Crippen LogP contribution is -2.28. The maximum atomic E-state index is 12.5. The van der Waals surface area contributed by atoms with E-state index in [0.29, 0.717) is 11.4 Å². The van der Waals surface area contributed by atoms with Gasteiger partial charge in [-0.2, -0.15) is 0 Å². The molecule has 26 heavy (non-hydrogen) atoms. The Kier molecular flexibility index (Phi) is 5.96. The number of hydrogen-bond acceptors (Lipinski definition) is 5. The number of aryl methyl sites for hydroxylation is 1. The average Bonchev–Trinajstić information content (AvgIpc) is 3.08. The van der Waals surface area contributed by atoms with Crippen molar-refractivity contribution >= 4 is 22.9 Å². The second-order valence-corrected chi connectivity index (χ2v) is 7.01. The van der Waals surface area contributed by atoms with Crippen molar-refractivity contribution in [3.05, 3.63) is 65.3 Å². The Morgan fingerprint density at radius 2 is 1.92 bits per heavy atom. The maximum Gasteiger partial charge on any atom is 0.263 e. The molecule has 2 aromatic heterocycles. The molecule has 0 radical (unpaired) electrons. The quantitative estimate of drug-likeness (QED) is 0.647. The van der Waals surface area contributed by atoms with Crippen LogP contribution in [0.15, 0.2) is 54.7 Å². The van der Waals surface area contributed by atoms with E-state index >= 15 is 0 Å². The van der Waals surface area contributed by atoms with Gasteiger partial charge in [-0.1, -0.05) is 24.3 Å². The molecule has 2 heterocycles. The van der Waals surface area contributed by atoms with E-state index in [9.17, 15) is 4.79 Å². The fourth-order valence-corrected chi connectivity index (χ4v) is 3.58. The summed E-state index contributed by atoms with van der Waals surface area (Å²) < 4.78 is 0. The molecule has 0 saturated heterocycles. The van der Waals surface area contributed by atoms with Gasteiger partial charge < -0.3 is 10.2 Å². The molecular weight excluding hydrogens is 344 g/mol. The number of carbonyl (C=O) groups excluding carboxylic acids is 1. The monoisotopic (exact) mass is 366 g/mol. The molecule has 0 spiro atoms. The summed E-state index contributed by atoms with van der Waals surface area (Å²) in [5.74, 6) is -0.0652. The Morgan fingerprint density at radius 3 is 2.65 bits per heavy atom. The minimum atomic E-state index is -0.0652. The van der Waals surface area contributed by atoms with E-state index in [4.69, 9.17) is 0 Å². The van der Waals surface area contributed by atoms with Crippen molar-refractivity contribution < 1.29 is 4.79 Å². The van der Waals surface area contributed by atoms with E-state index in [1.165, 1.54) is 17.0 Å². The topological polar surface area (TPSA) is 58.1 Å². The van der Waals surface area contributed by atoms with Crippen molar-refractivity contribution in [2.75, 3.05) is 25.0 Å². The van der Waals surface area contributed by atoms with Crippen LogP contribution in [0.5, 0.6) is 0 Å². The largest absolute Gasteiger partial charge is 0.375 e. The zero-order valence-electron chi connectivity index (χ0n) is 15.0. The normalized spacial score (nSPS) is 10.5. The van der Waals surface area contributed by atoms with E-state index < -0.39 is 0 Å². The van der Waals surface area contributed by atoms with E-state index in [-0.39, 0.29) is 5.91 Å². The number of pyridine rings is 1. The van der Waals surface area contributed by atoms with Crippen molar-refractivity contribution in [2.24, 2.45) is 0 Å². The third kappa shape index (κ3) is 4.46. The van der Waals surface area contributed by atoms with Gasteiger partial charge >= 0.3 is 0 Å². The highest BCUT2D eigenvalue weighted by Gasteiger charge is 2.16. The van der Waals surface area contributed by atoms with Crippen molar-refractivity contribution in [3.8, 4) is 10.7 Å². The third-order valence-corrected chi connectivity index (χ3v) is 5.22. The van der Waals surface area contributed by atoms with Crippen LogP contribution in [0.4, 0.5) is 5.69 Å². The predicted octanol–water partition coefficient (Wildman–Crippen LogP) is 3.77. The predicted molar refractivity (Wildman–Crippen MR) is 107 cm³/mol. The zero-order chi connectivity index (χ0) is 18.4. The summed E-state index contributed by atoms with van der Waals surface area (Å²) in [6.45, 7) is 3.37. The molecule has 0 fully saturated rings. The van der Waals surface area contributed by atoms with Crippen LogP contribution >= 0.6 is 11.3 Å². The fraction of sp³-hybridized carbons (Fsp3) is 0.250. The van der Waals surface area contributed by atoms with Gasteiger partial charge in [0, 0.05) is 32.0 Å². The summed E-state index contributed by atoms with van der Waals surface area (Å²) in [4.78, 5) is 24.1. The van der Waals surface area contributed by atoms with Crippen LogP contribution < -0.4 is 10.2 Å². The van der Waals surface area contributed by atoms with Crippen LogP contribution in [0.3, 0.4) is 0 Å². The SMILES string of the molecule is Cc1nc(-c2ccccn2)sc1C(=O)NCCCN(C)c1ccccc1. The Hall–Kier alpha value is -2.73. The first-order valence-electron chi connectivity index (χ1n) is 8.58. The lowest BCUT2D eigenvalue weighted by atomic mass is 10.3. The van der Waals surface area contributed by atoms with Gasteiger partial charge in [-0.25, -0.2) is 4.98 Å². The van der Waals surface area contributed by atoms with Gasteiger partial charge in [-0.05, 0) is 37.6 Å². The lowest BCUT2D eigenvalue weighted by Gasteiger charge is -2.19. The Morgan fingerprint density at radius 1 is 1.15 bits per heavy atom. The van der Waals surface area contributed by atoms with Crippen LogP contribution in [0.1, 0.15) is 21.8 Å². The minimum absolute atomic E-state index is 0.0652. The summed E-state index contributed by atoms with van der Waals surface area (Å²) in [6.07, 6.45) is 2.61. The number of para-hydroxylation sites is 1. The molecule has 0 aliphatic carbocycles. The number of carbonyl (C=O) groups is 1. The van der Waals surface area contributed by atoms with Gasteiger partial charge in [0.2, 0.25) is 0 Å². The molecule has 0 atom stereocenters. The second-order valence-electron chi connectivity index (χ2n) is 6.02. The van der Waals surface area contributed by atoms with Gasteiger partial charge in [0.1, 0.15) is 9.88 Å². The molecular formula is C20H22N4OS. The molecule has 3 rings (SSSR count).